The summed E-state index contributed by atoms with van der Waals surface area (Å²) in [6.45, 7) is 1.84. The van der Waals surface area contributed by atoms with Gasteiger partial charge in [-0.15, -0.1) is 0 Å². The average molecular weight is 334 g/mol. The summed E-state index contributed by atoms with van der Waals surface area (Å²) in [5.74, 6) is 2.22. The zero-order chi connectivity index (χ0) is 16.9. The molecule has 4 rings (SSSR count). The summed E-state index contributed by atoms with van der Waals surface area (Å²) in [6.07, 6.45) is 10.7. The number of nitrogens with one attached hydrogen (secondary N) is 1. The average Bonchev–Trinajstić information content (AvgIpc) is 2.70. The van der Waals surface area contributed by atoms with Crippen LogP contribution in [0.15, 0.2) is 49.2 Å². The number of rotatable bonds is 4. The third-order valence-corrected chi connectivity index (χ3v) is 4.21. The summed E-state index contributed by atoms with van der Waals surface area (Å²) in [6, 6.07) is 5.59. The second-order valence-electron chi connectivity index (χ2n) is 5.81. The molecule has 0 unspecified atom stereocenters. The highest BCUT2D eigenvalue weighted by molar-refractivity contribution is 5.42. The molecule has 0 radical (unpaired) electrons. The fourth-order valence-electron chi connectivity index (χ4n) is 2.95. The van der Waals surface area contributed by atoms with Crippen LogP contribution >= 0.6 is 0 Å². The quantitative estimate of drug-likeness (QED) is 0.776. The molecule has 0 aromatic carbocycles. The van der Waals surface area contributed by atoms with E-state index in [4.69, 9.17) is 0 Å². The van der Waals surface area contributed by atoms with Crippen LogP contribution in [0.25, 0.3) is 0 Å². The second kappa shape index (κ2) is 7.16. The van der Waals surface area contributed by atoms with Crippen molar-refractivity contribution >= 4 is 17.8 Å². The Morgan fingerprint density at radius 1 is 0.800 bits per heavy atom. The molecule has 1 N–H and O–H groups in total. The molecular weight excluding hydrogens is 316 g/mol. The second-order valence-corrected chi connectivity index (χ2v) is 5.81. The SMILES string of the molecule is c1cnc(Nc2nccc(C3CCN(c4ncccn4)CC3)n2)nc1. The fourth-order valence-corrected chi connectivity index (χ4v) is 2.95. The van der Waals surface area contributed by atoms with Gasteiger partial charge in [-0.2, -0.15) is 0 Å². The van der Waals surface area contributed by atoms with Gasteiger partial charge in [0.1, 0.15) is 0 Å². The first-order chi connectivity index (χ1) is 12.4. The monoisotopic (exact) mass is 334 g/mol. The van der Waals surface area contributed by atoms with Crippen LogP contribution in [0.5, 0.6) is 0 Å². The minimum atomic E-state index is 0.403. The molecule has 25 heavy (non-hydrogen) atoms. The van der Waals surface area contributed by atoms with Crippen LogP contribution < -0.4 is 10.2 Å². The van der Waals surface area contributed by atoms with Crippen molar-refractivity contribution in [3.8, 4) is 0 Å². The molecule has 3 aromatic heterocycles. The smallest absolute Gasteiger partial charge is 0.229 e. The maximum absolute atomic E-state index is 4.64. The van der Waals surface area contributed by atoms with Crippen molar-refractivity contribution in [1.82, 2.24) is 29.9 Å². The summed E-state index contributed by atoms with van der Waals surface area (Å²) < 4.78 is 0. The van der Waals surface area contributed by atoms with E-state index in [1.54, 1.807) is 37.1 Å². The molecule has 0 aliphatic carbocycles. The Kier molecular flexibility index (Phi) is 4.40. The van der Waals surface area contributed by atoms with E-state index in [0.717, 1.165) is 37.6 Å². The standard InChI is InChI=1S/C17H18N8/c1-6-18-15(19-7-1)24-16-20-10-3-14(23-16)13-4-11-25(12-5-13)17-21-8-2-9-22-17/h1-3,6-10,13H,4-5,11-12H2,(H,18,19,20,23,24). The summed E-state index contributed by atoms with van der Waals surface area (Å²) >= 11 is 0. The molecule has 8 nitrogen and oxygen atoms in total. The van der Waals surface area contributed by atoms with Gasteiger partial charge in [0.25, 0.3) is 0 Å². The predicted molar refractivity (Wildman–Crippen MR) is 93.6 cm³/mol. The van der Waals surface area contributed by atoms with E-state index in [9.17, 15) is 0 Å². The highest BCUT2D eigenvalue weighted by Gasteiger charge is 2.23. The molecule has 1 saturated heterocycles. The first-order valence-electron chi connectivity index (χ1n) is 8.27. The molecule has 0 bridgehead atoms. The minimum absolute atomic E-state index is 0.403. The molecule has 1 aliphatic rings. The lowest BCUT2D eigenvalue weighted by molar-refractivity contribution is 0.490. The van der Waals surface area contributed by atoms with Gasteiger partial charge in [0, 0.05) is 55.7 Å². The van der Waals surface area contributed by atoms with E-state index in [-0.39, 0.29) is 0 Å². The van der Waals surface area contributed by atoms with Crippen LogP contribution in [-0.4, -0.2) is 43.0 Å². The fraction of sp³-hybridized carbons (Fsp3) is 0.294. The van der Waals surface area contributed by atoms with Crippen LogP contribution in [0.3, 0.4) is 0 Å². The summed E-state index contributed by atoms with van der Waals surface area (Å²) in [4.78, 5) is 28.0. The van der Waals surface area contributed by atoms with Crippen molar-refractivity contribution in [1.29, 1.82) is 0 Å². The lowest BCUT2D eigenvalue weighted by Gasteiger charge is -2.31. The van der Waals surface area contributed by atoms with Crippen molar-refractivity contribution in [3.05, 3.63) is 54.9 Å². The van der Waals surface area contributed by atoms with Crippen molar-refractivity contribution in [2.45, 2.75) is 18.8 Å². The third-order valence-electron chi connectivity index (χ3n) is 4.21. The third kappa shape index (κ3) is 3.68. The van der Waals surface area contributed by atoms with Crippen molar-refractivity contribution in [3.63, 3.8) is 0 Å². The van der Waals surface area contributed by atoms with Crippen LogP contribution in [0.2, 0.25) is 0 Å². The topological polar surface area (TPSA) is 92.6 Å². The normalized spacial score (nSPS) is 15.1. The number of aromatic nitrogens is 6. The molecule has 0 amide bonds. The van der Waals surface area contributed by atoms with E-state index in [1.807, 2.05) is 12.1 Å². The van der Waals surface area contributed by atoms with Gasteiger partial charge < -0.3 is 4.90 Å². The van der Waals surface area contributed by atoms with Crippen molar-refractivity contribution in [2.24, 2.45) is 0 Å². The van der Waals surface area contributed by atoms with Gasteiger partial charge in [-0.1, -0.05) is 0 Å². The van der Waals surface area contributed by atoms with Gasteiger partial charge in [0.15, 0.2) is 0 Å². The number of nitrogens with zero attached hydrogens (tertiary/aromatic N) is 7. The van der Waals surface area contributed by atoms with Crippen LogP contribution in [-0.2, 0) is 0 Å². The van der Waals surface area contributed by atoms with Crippen LogP contribution in [0.4, 0.5) is 17.8 Å². The maximum Gasteiger partial charge on any atom is 0.229 e. The molecular formula is C17H18N8. The van der Waals surface area contributed by atoms with Crippen LogP contribution in [0, 0.1) is 0 Å². The molecule has 0 atom stereocenters. The highest BCUT2D eigenvalue weighted by Crippen LogP contribution is 2.28. The minimum Gasteiger partial charge on any atom is -0.341 e. The number of hydrogen-bond donors (Lipinski definition) is 1. The van der Waals surface area contributed by atoms with Crippen LogP contribution in [0.1, 0.15) is 24.5 Å². The largest absolute Gasteiger partial charge is 0.341 e. The van der Waals surface area contributed by atoms with E-state index in [1.165, 1.54) is 0 Å². The summed E-state index contributed by atoms with van der Waals surface area (Å²) in [7, 11) is 0. The van der Waals surface area contributed by atoms with E-state index >= 15 is 0 Å². The first kappa shape index (κ1) is 15.4. The lowest BCUT2D eigenvalue weighted by atomic mass is 9.93. The summed E-state index contributed by atoms with van der Waals surface area (Å²) in [5.41, 5.74) is 1.04. The van der Waals surface area contributed by atoms with Gasteiger partial charge in [-0.05, 0) is 31.0 Å². The molecule has 1 fully saturated rings. The number of anilines is 3. The highest BCUT2D eigenvalue weighted by atomic mass is 15.2. The van der Waals surface area contributed by atoms with E-state index < -0.39 is 0 Å². The molecule has 1 aliphatic heterocycles. The Hall–Kier alpha value is -3.16. The molecule has 4 heterocycles. The first-order valence-corrected chi connectivity index (χ1v) is 8.27. The Morgan fingerprint density at radius 3 is 2.16 bits per heavy atom. The van der Waals surface area contributed by atoms with Gasteiger partial charge in [0.05, 0.1) is 0 Å². The molecule has 126 valence electrons. The predicted octanol–water partition coefficient (Wildman–Crippen LogP) is 2.18. The van der Waals surface area contributed by atoms with Gasteiger partial charge in [0.2, 0.25) is 17.8 Å². The number of hydrogen-bond acceptors (Lipinski definition) is 8. The summed E-state index contributed by atoms with van der Waals surface area (Å²) in [5, 5.41) is 3.04. The zero-order valence-electron chi connectivity index (χ0n) is 13.7. The lowest BCUT2D eigenvalue weighted by Crippen LogP contribution is -2.34. The molecule has 8 heteroatoms. The van der Waals surface area contributed by atoms with Gasteiger partial charge in [-0.3, -0.25) is 5.32 Å². The van der Waals surface area contributed by atoms with Crippen molar-refractivity contribution in [2.75, 3.05) is 23.3 Å². The Balaban J connectivity index is 1.42. The zero-order valence-corrected chi connectivity index (χ0v) is 13.7. The Bertz CT molecular complexity index is 803. The van der Waals surface area contributed by atoms with Gasteiger partial charge in [-0.25, -0.2) is 29.9 Å². The maximum atomic E-state index is 4.64. The Morgan fingerprint density at radius 2 is 1.44 bits per heavy atom. The Labute approximate surface area is 145 Å². The van der Waals surface area contributed by atoms with E-state index in [0.29, 0.717) is 17.8 Å². The molecule has 0 saturated carbocycles. The van der Waals surface area contributed by atoms with E-state index in [2.05, 4.69) is 40.1 Å². The molecule has 3 aromatic rings. The number of piperidine rings is 1. The van der Waals surface area contributed by atoms with Crippen molar-refractivity contribution < 1.29 is 0 Å². The molecule has 0 spiro atoms. The van der Waals surface area contributed by atoms with Gasteiger partial charge >= 0.3 is 0 Å².